The number of hydrogen-bond acceptors (Lipinski definition) is 2. The second-order valence-electron chi connectivity index (χ2n) is 4.75. The van der Waals surface area contributed by atoms with Gasteiger partial charge in [0, 0.05) is 10.4 Å². The van der Waals surface area contributed by atoms with E-state index in [0.717, 1.165) is 19.3 Å². The fraction of sp³-hybridized carbons (Fsp3) is 0.462. The number of rotatable bonds is 3. The van der Waals surface area contributed by atoms with Crippen LogP contribution in [0.1, 0.15) is 19.3 Å². The zero-order valence-corrected chi connectivity index (χ0v) is 13.4. The van der Waals surface area contributed by atoms with Crippen molar-refractivity contribution in [3.63, 3.8) is 0 Å². The Morgan fingerprint density at radius 1 is 1.37 bits per heavy atom. The van der Waals surface area contributed by atoms with Gasteiger partial charge in [0.2, 0.25) is 5.91 Å². The fourth-order valence-electron chi connectivity index (χ4n) is 2.51. The van der Waals surface area contributed by atoms with Crippen LogP contribution in [0.15, 0.2) is 16.6 Å². The molecule has 1 aliphatic rings. The Bertz CT molecular complexity index is 496. The smallest absolute Gasteiger partial charge is 0.227 e. The zero-order valence-electron chi connectivity index (χ0n) is 10.3. The number of carbonyl (C=O) groups excluding carboxylic acids is 1. The van der Waals surface area contributed by atoms with Crippen molar-refractivity contribution in [1.29, 1.82) is 0 Å². The molecule has 0 radical (unpaired) electrons. The highest BCUT2D eigenvalue weighted by Crippen LogP contribution is 2.37. The van der Waals surface area contributed by atoms with Crippen LogP contribution in [0.25, 0.3) is 0 Å². The molecule has 2 atom stereocenters. The maximum atomic E-state index is 12.3. The molecular formula is C13H15BrCl2N2O. The summed E-state index contributed by atoms with van der Waals surface area (Å²) in [5.41, 5.74) is 6.24. The lowest BCUT2D eigenvalue weighted by Crippen LogP contribution is -2.29. The molecule has 19 heavy (non-hydrogen) atoms. The first-order valence-corrected chi connectivity index (χ1v) is 7.74. The summed E-state index contributed by atoms with van der Waals surface area (Å²) in [5.74, 6) is 0.224. The van der Waals surface area contributed by atoms with Gasteiger partial charge in [-0.2, -0.15) is 0 Å². The highest BCUT2D eigenvalue weighted by molar-refractivity contribution is 9.10. The third-order valence-electron chi connectivity index (χ3n) is 3.59. The van der Waals surface area contributed by atoms with Crippen molar-refractivity contribution in [1.82, 2.24) is 0 Å². The maximum Gasteiger partial charge on any atom is 0.227 e. The molecule has 2 rings (SSSR count). The van der Waals surface area contributed by atoms with E-state index < -0.39 is 0 Å². The summed E-state index contributed by atoms with van der Waals surface area (Å²) in [5, 5.41) is 3.61. The van der Waals surface area contributed by atoms with Gasteiger partial charge in [0.1, 0.15) is 0 Å². The normalized spacial score (nSPS) is 22.5. The molecule has 0 saturated heterocycles. The number of nitrogens with two attached hydrogens (primary N) is 1. The van der Waals surface area contributed by atoms with Crippen molar-refractivity contribution >= 4 is 50.7 Å². The predicted octanol–water partition coefficient (Wildman–Crippen LogP) is 4.07. The van der Waals surface area contributed by atoms with Crippen molar-refractivity contribution in [3.8, 4) is 0 Å². The molecule has 3 N–H and O–H groups in total. The van der Waals surface area contributed by atoms with E-state index in [1.165, 1.54) is 0 Å². The molecule has 0 aliphatic heterocycles. The van der Waals surface area contributed by atoms with Gasteiger partial charge in [0.25, 0.3) is 0 Å². The maximum absolute atomic E-state index is 12.3. The Hall–Kier alpha value is -0.290. The lowest BCUT2D eigenvalue weighted by molar-refractivity contribution is -0.120. The molecule has 1 aromatic rings. The van der Waals surface area contributed by atoms with Crippen LogP contribution in [-0.4, -0.2) is 12.5 Å². The van der Waals surface area contributed by atoms with Crippen LogP contribution in [0, 0.1) is 11.8 Å². The highest BCUT2D eigenvalue weighted by atomic mass is 79.9. The van der Waals surface area contributed by atoms with Crippen LogP contribution in [0.2, 0.25) is 10.0 Å². The fourth-order valence-corrected chi connectivity index (χ4v) is 3.33. The molecular weight excluding hydrogens is 351 g/mol. The minimum Gasteiger partial charge on any atom is -0.330 e. The third-order valence-corrected chi connectivity index (χ3v) is 5.36. The van der Waals surface area contributed by atoms with Crippen molar-refractivity contribution in [2.24, 2.45) is 17.6 Å². The molecule has 0 bridgehead atoms. The lowest BCUT2D eigenvalue weighted by Gasteiger charge is -2.18. The quantitative estimate of drug-likeness (QED) is 0.793. The average Bonchev–Trinajstić information content (AvgIpc) is 2.88. The Labute approximate surface area is 131 Å². The minimum absolute atomic E-state index is 0.0201. The van der Waals surface area contributed by atoms with E-state index >= 15 is 0 Å². The molecule has 0 heterocycles. The molecule has 1 amide bonds. The Balaban J connectivity index is 2.13. The van der Waals surface area contributed by atoms with E-state index in [1.807, 2.05) is 0 Å². The molecule has 3 nitrogen and oxygen atoms in total. The predicted molar refractivity (Wildman–Crippen MR) is 82.7 cm³/mol. The number of nitrogens with one attached hydrogen (secondary N) is 1. The summed E-state index contributed by atoms with van der Waals surface area (Å²) in [6.07, 6.45) is 2.95. The van der Waals surface area contributed by atoms with E-state index in [9.17, 15) is 4.79 Å². The SMILES string of the molecule is NCC1CCCC1C(=O)Nc1ccc(Br)c(Cl)c1Cl. The number of hydrogen-bond donors (Lipinski definition) is 2. The standard InChI is InChI=1S/C13H15BrCl2N2O/c14-9-4-5-10(12(16)11(9)15)18-13(19)8-3-1-2-7(8)6-17/h4-5,7-8H,1-3,6,17H2,(H,18,19). The minimum atomic E-state index is -0.0245. The molecule has 1 aromatic carbocycles. The van der Waals surface area contributed by atoms with Gasteiger partial charge in [-0.1, -0.05) is 29.6 Å². The number of halogens is 3. The summed E-state index contributed by atoms with van der Waals surface area (Å²) >= 11 is 15.4. The average molecular weight is 366 g/mol. The van der Waals surface area contributed by atoms with Crippen molar-refractivity contribution in [2.45, 2.75) is 19.3 Å². The van der Waals surface area contributed by atoms with Crippen LogP contribution < -0.4 is 11.1 Å². The third kappa shape index (κ3) is 3.24. The van der Waals surface area contributed by atoms with Crippen molar-refractivity contribution in [2.75, 3.05) is 11.9 Å². The Morgan fingerprint density at radius 3 is 2.79 bits per heavy atom. The van der Waals surface area contributed by atoms with Crippen molar-refractivity contribution < 1.29 is 4.79 Å². The van der Waals surface area contributed by atoms with E-state index in [-0.39, 0.29) is 17.7 Å². The molecule has 104 valence electrons. The van der Waals surface area contributed by atoms with Crippen LogP contribution in [0.4, 0.5) is 5.69 Å². The summed E-state index contributed by atoms with van der Waals surface area (Å²) in [6, 6.07) is 3.50. The van der Waals surface area contributed by atoms with Crippen LogP contribution in [0.5, 0.6) is 0 Å². The number of amides is 1. The monoisotopic (exact) mass is 364 g/mol. The molecule has 1 saturated carbocycles. The second kappa shape index (κ2) is 6.44. The summed E-state index contributed by atoms with van der Waals surface area (Å²) in [4.78, 5) is 12.3. The van der Waals surface area contributed by atoms with Crippen LogP contribution in [0.3, 0.4) is 0 Å². The summed E-state index contributed by atoms with van der Waals surface area (Å²) < 4.78 is 0.706. The van der Waals surface area contributed by atoms with Crippen molar-refractivity contribution in [3.05, 3.63) is 26.7 Å². The van der Waals surface area contributed by atoms with Gasteiger partial charge in [-0.25, -0.2) is 0 Å². The van der Waals surface area contributed by atoms with E-state index in [2.05, 4.69) is 21.2 Å². The van der Waals surface area contributed by atoms with Gasteiger partial charge >= 0.3 is 0 Å². The van der Waals surface area contributed by atoms with Crippen LogP contribution in [-0.2, 0) is 4.79 Å². The first-order valence-electron chi connectivity index (χ1n) is 6.19. The Morgan fingerprint density at radius 2 is 2.11 bits per heavy atom. The van der Waals surface area contributed by atoms with E-state index in [1.54, 1.807) is 12.1 Å². The Kier molecular flexibility index (Phi) is 5.12. The van der Waals surface area contributed by atoms with Gasteiger partial charge in [0.05, 0.1) is 15.7 Å². The number of benzene rings is 1. The summed E-state index contributed by atoms with van der Waals surface area (Å²) in [7, 11) is 0. The van der Waals surface area contributed by atoms with Gasteiger partial charge < -0.3 is 11.1 Å². The molecule has 0 aromatic heterocycles. The van der Waals surface area contributed by atoms with E-state index in [4.69, 9.17) is 28.9 Å². The molecule has 6 heteroatoms. The van der Waals surface area contributed by atoms with E-state index in [0.29, 0.717) is 26.8 Å². The van der Waals surface area contributed by atoms with Gasteiger partial charge in [-0.15, -0.1) is 0 Å². The first-order chi connectivity index (χ1) is 9.04. The van der Waals surface area contributed by atoms with Gasteiger partial charge in [-0.05, 0) is 53.4 Å². The number of carbonyl (C=O) groups is 1. The molecule has 1 aliphatic carbocycles. The second-order valence-corrected chi connectivity index (χ2v) is 6.36. The first kappa shape index (κ1) is 15.1. The van der Waals surface area contributed by atoms with Gasteiger partial charge in [-0.3, -0.25) is 4.79 Å². The molecule has 2 unspecified atom stereocenters. The molecule has 0 spiro atoms. The highest BCUT2D eigenvalue weighted by Gasteiger charge is 2.32. The van der Waals surface area contributed by atoms with Gasteiger partial charge in [0.15, 0.2) is 0 Å². The zero-order chi connectivity index (χ0) is 14.0. The number of anilines is 1. The summed E-state index contributed by atoms with van der Waals surface area (Å²) in [6.45, 7) is 0.549. The van der Waals surface area contributed by atoms with Crippen LogP contribution >= 0.6 is 39.1 Å². The molecule has 1 fully saturated rings. The topological polar surface area (TPSA) is 55.1 Å². The lowest BCUT2D eigenvalue weighted by atomic mass is 9.95. The largest absolute Gasteiger partial charge is 0.330 e.